The molecule has 1 aromatic rings. The SMILES string of the molecule is Cc1c(Cl)ncnc1OC1CCCCN1C(=O)O. The average molecular weight is 272 g/mol. The topological polar surface area (TPSA) is 75.6 Å². The summed E-state index contributed by atoms with van der Waals surface area (Å²) in [5.74, 6) is 0.341. The van der Waals surface area contributed by atoms with Gasteiger partial charge in [0.15, 0.2) is 6.23 Å². The molecule has 1 saturated heterocycles. The monoisotopic (exact) mass is 271 g/mol. The third kappa shape index (κ3) is 2.64. The van der Waals surface area contributed by atoms with Crippen LogP contribution in [0.5, 0.6) is 5.88 Å². The van der Waals surface area contributed by atoms with Gasteiger partial charge in [-0.25, -0.2) is 14.8 Å². The maximum Gasteiger partial charge on any atom is 0.410 e. The first-order chi connectivity index (χ1) is 8.59. The average Bonchev–Trinajstić information content (AvgIpc) is 2.35. The molecule has 2 rings (SSSR count). The molecule has 1 aliphatic heterocycles. The van der Waals surface area contributed by atoms with E-state index >= 15 is 0 Å². The normalized spacial score (nSPS) is 19.7. The summed E-state index contributed by atoms with van der Waals surface area (Å²) in [6, 6.07) is 0. The number of rotatable bonds is 2. The van der Waals surface area contributed by atoms with E-state index in [0.29, 0.717) is 29.6 Å². The quantitative estimate of drug-likeness (QED) is 0.836. The van der Waals surface area contributed by atoms with E-state index in [0.717, 1.165) is 12.8 Å². The zero-order chi connectivity index (χ0) is 13.1. The molecule has 1 unspecified atom stereocenters. The van der Waals surface area contributed by atoms with Crippen LogP contribution in [0.25, 0.3) is 0 Å². The summed E-state index contributed by atoms with van der Waals surface area (Å²) >= 11 is 5.87. The standard InChI is InChI=1S/C11H14ClN3O3/c1-7-9(12)13-6-14-10(7)18-8-4-2-3-5-15(8)11(16)17/h6,8H,2-5H2,1H3,(H,16,17). The number of halogens is 1. The van der Waals surface area contributed by atoms with Crippen molar-refractivity contribution in [2.24, 2.45) is 0 Å². The Labute approximate surface area is 110 Å². The molecule has 1 fully saturated rings. The highest BCUT2D eigenvalue weighted by molar-refractivity contribution is 6.30. The van der Waals surface area contributed by atoms with E-state index in [1.807, 2.05) is 0 Å². The van der Waals surface area contributed by atoms with E-state index in [1.54, 1.807) is 6.92 Å². The van der Waals surface area contributed by atoms with E-state index in [2.05, 4.69) is 9.97 Å². The fourth-order valence-electron chi connectivity index (χ4n) is 1.90. The van der Waals surface area contributed by atoms with Crippen LogP contribution in [0.4, 0.5) is 4.79 Å². The Kier molecular flexibility index (Phi) is 3.86. The molecule has 1 aromatic heterocycles. The second-order valence-corrected chi connectivity index (χ2v) is 4.50. The van der Waals surface area contributed by atoms with Gasteiger partial charge in [-0.2, -0.15) is 0 Å². The molecule has 1 aliphatic rings. The van der Waals surface area contributed by atoms with Crippen LogP contribution in [-0.2, 0) is 0 Å². The van der Waals surface area contributed by atoms with Gasteiger partial charge in [-0.3, -0.25) is 4.90 Å². The van der Waals surface area contributed by atoms with Crippen molar-refractivity contribution >= 4 is 17.7 Å². The minimum absolute atomic E-state index is 0.317. The number of ether oxygens (including phenoxy) is 1. The molecular formula is C11H14ClN3O3. The lowest BCUT2D eigenvalue weighted by Gasteiger charge is -2.33. The zero-order valence-corrected chi connectivity index (χ0v) is 10.7. The van der Waals surface area contributed by atoms with Crippen LogP contribution in [0, 0.1) is 6.92 Å². The van der Waals surface area contributed by atoms with Gasteiger partial charge in [-0.15, -0.1) is 0 Å². The zero-order valence-electron chi connectivity index (χ0n) is 9.97. The molecule has 18 heavy (non-hydrogen) atoms. The fourth-order valence-corrected chi connectivity index (χ4v) is 2.03. The number of nitrogens with zero attached hydrogens (tertiary/aromatic N) is 3. The van der Waals surface area contributed by atoms with Gasteiger partial charge in [0.25, 0.3) is 0 Å². The van der Waals surface area contributed by atoms with Crippen LogP contribution in [0.15, 0.2) is 6.33 Å². The van der Waals surface area contributed by atoms with Crippen molar-refractivity contribution in [2.45, 2.75) is 32.4 Å². The molecule has 1 atom stereocenters. The number of hydrogen-bond donors (Lipinski definition) is 1. The fraction of sp³-hybridized carbons (Fsp3) is 0.545. The van der Waals surface area contributed by atoms with Crippen molar-refractivity contribution in [3.63, 3.8) is 0 Å². The van der Waals surface area contributed by atoms with Crippen LogP contribution in [0.3, 0.4) is 0 Å². The van der Waals surface area contributed by atoms with Crippen LogP contribution < -0.4 is 4.74 Å². The summed E-state index contributed by atoms with van der Waals surface area (Å²) < 4.78 is 5.65. The summed E-state index contributed by atoms with van der Waals surface area (Å²) in [4.78, 5) is 20.2. The molecule has 1 N–H and O–H groups in total. The maximum atomic E-state index is 11.1. The Bertz CT molecular complexity index is 455. The third-order valence-corrected chi connectivity index (χ3v) is 3.30. The lowest BCUT2D eigenvalue weighted by molar-refractivity contribution is 0.00287. The Morgan fingerprint density at radius 3 is 3.06 bits per heavy atom. The Hall–Kier alpha value is -1.56. The van der Waals surface area contributed by atoms with E-state index in [9.17, 15) is 4.79 Å². The second kappa shape index (κ2) is 5.39. The van der Waals surface area contributed by atoms with E-state index < -0.39 is 12.3 Å². The third-order valence-electron chi connectivity index (χ3n) is 2.92. The summed E-state index contributed by atoms with van der Waals surface area (Å²) in [7, 11) is 0. The summed E-state index contributed by atoms with van der Waals surface area (Å²) in [5, 5.41) is 9.41. The number of piperidine rings is 1. The second-order valence-electron chi connectivity index (χ2n) is 4.14. The van der Waals surface area contributed by atoms with E-state index in [1.165, 1.54) is 11.2 Å². The first-order valence-electron chi connectivity index (χ1n) is 5.73. The number of amides is 1. The van der Waals surface area contributed by atoms with Crippen molar-refractivity contribution in [3.8, 4) is 5.88 Å². The van der Waals surface area contributed by atoms with Crippen LogP contribution >= 0.6 is 11.6 Å². The van der Waals surface area contributed by atoms with Crippen molar-refractivity contribution < 1.29 is 14.6 Å². The molecule has 98 valence electrons. The number of hydrogen-bond acceptors (Lipinski definition) is 4. The van der Waals surface area contributed by atoms with Crippen LogP contribution in [0.2, 0.25) is 5.15 Å². The van der Waals surface area contributed by atoms with Gasteiger partial charge < -0.3 is 9.84 Å². The van der Waals surface area contributed by atoms with Gasteiger partial charge in [0, 0.05) is 18.5 Å². The highest BCUT2D eigenvalue weighted by Crippen LogP contribution is 2.25. The molecule has 0 spiro atoms. The number of carbonyl (C=O) groups is 1. The lowest BCUT2D eigenvalue weighted by Crippen LogP contribution is -2.46. The van der Waals surface area contributed by atoms with E-state index in [4.69, 9.17) is 21.4 Å². The molecule has 0 aromatic carbocycles. The Morgan fingerprint density at radius 2 is 2.33 bits per heavy atom. The number of likely N-dealkylation sites (tertiary alicyclic amines) is 1. The summed E-state index contributed by atoms with van der Waals surface area (Å²) in [5.41, 5.74) is 0.620. The van der Waals surface area contributed by atoms with Gasteiger partial charge in [0.1, 0.15) is 11.5 Å². The number of carboxylic acid groups (broad SMARTS) is 1. The predicted molar refractivity (Wildman–Crippen MR) is 64.8 cm³/mol. The predicted octanol–water partition coefficient (Wildman–Crippen LogP) is 2.31. The van der Waals surface area contributed by atoms with Gasteiger partial charge in [0.05, 0.1) is 0 Å². The van der Waals surface area contributed by atoms with Gasteiger partial charge in [0.2, 0.25) is 5.88 Å². The van der Waals surface area contributed by atoms with Gasteiger partial charge in [-0.1, -0.05) is 11.6 Å². The largest absolute Gasteiger partial charge is 0.465 e. The molecule has 2 heterocycles. The Balaban J connectivity index is 2.16. The highest BCUT2D eigenvalue weighted by atomic mass is 35.5. The highest BCUT2D eigenvalue weighted by Gasteiger charge is 2.28. The van der Waals surface area contributed by atoms with Gasteiger partial charge in [-0.05, 0) is 19.8 Å². The van der Waals surface area contributed by atoms with Crippen molar-refractivity contribution in [1.82, 2.24) is 14.9 Å². The first-order valence-corrected chi connectivity index (χ1v) is 6.10. The minimum atomic E-state index is -0.975. The van der Waals surface area contributed by atoms with Gasteiger partial charge >= 0.3 is 6.09 Å². The molecule has 0 aliphatic carbocycles. The first kappa shape index (κ1) is 12.9. The van der Waals surface area contributed by atoms with Crippen molar-refractivity contribution in [1.29, 1.82) is 0 Å². The van der Waals surface area contributed by atoms with Crippen LogP contribution in [-0.4, -0.2) is 38.8 Å². The molecule has 7 heteroatoms. The molecule has 0 bridgehead atoms. The molecular weight excluding hydrogens is 258 g/mol. The molecule has 1 amide bonds. The smallest absolute Gasteiger partial charge is 0.410 e. The van der Waals surface area contributed by atoms with Crippen LogP contribution in [0.1, 0.15) is 24.8 Å². The minimum Gasteiger partial charge on any atom is -0.465 e. The maximum absolute atomic E-state index is 11.1. The Morgan fingerprint density at radius 1 is 1.56 bits per heavy atom. The van der Waals surface area contributed by atoms with Crippen molar-refractivity contribution in [2.75, 3.05) is 6.54 Å². The molecule has 0 radical (unpaired) electrons. The number of aromatic nitrogens is 2. The summed E-state index contributed by atoms with van der Waals surface area (Å²) in [6.07, 6.45) is 2.28. The van der Waals surface area contributed by atoms with E-state index in [-0.39, 0.29) is 0 Å². The molecule has 6 nitrogen and oxygen atoms in total. The molecule has 0 saturated carbocycles. The summed E-state index contributed by atoms with van der Waals surface area (Å²) in [6.45, 7) is 2.23. The van der Waals surface area contributed by atoms with Crippen molar-refractivity contribution in [3.05, 3.63) is 17.0 Å². The lowest BCUT2D eigenvalue weighted by atomic mass is 10.1.